The summed E-state index contributed by atoms with van der Waals surface area (Å²) in [5.41, 5.74) is -2.40. The largest absolute Gasteiger partial charge is 0.416 e. The molecule has 0 saturated carbocycles. The Balaban J connectivity index is 1.74. The van der Waals surface area contributed by atoms with Crippen LogP contribution in [-0.2, 0) is 17.5 Å². The van der Waals surface area contributed by atoms with Crippen molar-refractivity contribution in [3.05, 3.63) is 99.6 Å². The van der Waals surface area contributed by atoms with Gasteiger partial charge in [0, 0.05) is 30.3 Å². The SMILES string of the molecule is O=C(CC(c1cccc(C(F)(F)F)c1)C(F)(F)F)Nc1ccc(Cl)c(C(=O)NCc2ccc(F)cc2F)c1. The molecule has 0 saturated heterocycles. The number of amides is 2. The number of benzene rings is 3. The quantitative estimate of drug-likeness (QED) is 0.297. The molecule has 1 unspecified atom stereocenters. The Morgan fingerprint density at radius 3 is 2.24 bits per heavy atom. The van der Waals surface area contributed by atoms with Crippen LogP contribution < -0.4 is 10.6 Å². The molecule has 0 fully saturated rings. The molecule has 2 N–H and O–H groups in total. The maximum absolute atomic E-state index is 13.8. The van der Waals surface area contributed by atoms with Crippen molar-refractivity contribution in [2.75, 3.05) is 5.32 Å². The highest BCUT2D eigenvalue weighted by molar-refractivity contribution is 6.34. The summed E-state index contributed by atoms with van der Waals surface area (Å²) in [5.74, 6) is -6.27. The number of hydrogen-bond donors (Lipinski definition) is 2. The lowest BCUT2D eigenvalue weighted by atomic mass is 9.93. The van der Waals surface area contributed by atoms with Gasteiger partial charge in [0.25, 0.3) is 5.91 Å². The van der Waals surface area contributed by atoms with Crippen LogP contribution in [0.2, 0.25) is 5.02 Å². The van der Waals surface area contributed by atoms with Crippen LogP contribution in [0.4, 0.5) is 40.8 Å². The zero-order valence-electron chi connectivity index (χ0n) is 19.0. The summed E-state index contributed by atoms with van der Waals surface area (Å²) in [6.07, 6.45) is -11.2. The molecule has 0 aliphatic heterocycles. The van der Waals surface area contributed by atoms with Crippen LogP contribution in [-0.4, -0.2) is 18.0 Å². The van der Waals surface area contributed by atoms with Crippen LogP contribution >= 0.6 is 11.6 Å². The van der Waals surface area contributed by atoms with Gasteiger partial charge in [-0.25, -0.2) is 8.78 Å². The molecule has 2 amide bonds. The fourth-order valence-electron chi connectivity index (χ4n) is 3.46. The van der Waals surface area contributed by atoms with Crippen LogP contribution in [0.1, 0.15) is 39.4 Å². The molecule has 38 heavy (non-hydrogen) atoms. The zero-order valence-corrected chi connectivity index (χ0v) is 19.7. The number of hydrogen-bond acceptors (Lipinski definition) is 2. The first-order valence-electron chi connectivity index (χ1n) is 10.7. The molecule has 3 rings (SSSR count). The van der Waals surface area contributed by atoms with Crippen LogP contribution in [0.15, 0.2) is 60.7 Å². The van der Waals surface area contributed by atoms with Gasteiger partial charge >= 0.3 is 12.4 Å². The smallest absolute Gasteiger partial charge is 0.348 e. The Hall–Kier alpha value is -3.67. The maximum atomic E-state index is 13.8. The van der Waals surface area contributed by atoms with E-state index < -0.39 is 59.3 Å². The Morgan fingerprint density at radius 2 is 1.61 bits per heavy atom. The molecule has 3 aromatic rings. The molecule has 0 radical (unpaired) electrons. The third kappa shape index (κ3) is 7.44. The van der Waals surface area contributed by atoms with Crippen molar-refractivity contribution in [2.24, 2.45) is 0 Å². The Morgan fingerprint density at radius 1 is 0.895 bits per heavy atom. The van der Waals surface area contributed by atoms with E-state index in [9.17, 15) is 44.7 Å². The van der Waals surface area contributed by atoms with Crippen LogP contribution in [0, 0.1) is 11.6 Å². The van der Waals surface area contributed by atoms with E-state index in [1.165, 1.54) is 12.1 Å². The second-order valence-corrected chi connectivity index (χ2v) is 8.49. The van der Waals surface area contributed by atoms with E-state index in [1.807, 2.05) is 0 Å². The highest BCUT2D eigenvalue weighted by Crippen LogP contribution is 2.40. The van der Waals surface area contributed by atoms with E-state index >= 15 is 0 Å². The summed E-state index contributed by atoms with van der Waals surface area (Å²) >= 11 is 6.00. The number of carbonyl (C=O) groups excluding carboxylic acids is 2. The van der Waals surface area contributed by atoms with Crippen molar-refractivity contribution in [2.45, 2.75) is 31.2 Å². The first-order chi connectivity index (χ1) is 17.6. The van der Waals surface area contributed by atoms with Gasteiger partial charge in [0.15, 0.2) is 0 Å². The topological polar surface area (TPSA) is 58.2 Å². The van der Waals surface area contributed by atoms with Crippen LogP contribution in [0.3, 0.4) is 0 Å². The minimum atomic E-state index is -5.04. The van der Waals surface area contributed by atoms with Crippen molar-refractivity contribution >= 4 is 29.1 Å². The molecule has 202 valence electrons. The molecule has 0 aliphatic carbocycles. The van der Waals surface area contributed by atoms with E-state index in [4.69, 9.17) is 11.6 Å². The molecule has 4 nitrogen and oxygen atoms in total. The number of alkyl halides is 6. The minimum Gasteiger partial charge on any atom is -0.348 e. The zero-order chi connectivity index (χ0) is 28.3. The predicted molar refractivity (Wildman–Crippen MR) is 122 cm³/mol. The monoisotopic (exact) mass is 564 g/mol. The number of anilines is 1. The number of nitrogens with one attached hydrogen (secondary N) is 2. The summed E-state index contributed by atoms with van der Waals surface area (Å²) in [4.78, 5) is 24.9. The van der Waals surface area contributed by atoms with Gasteiger partial charge in [-0.15, -0.1) is 0 Å². The van der Waals surface area contributed by atoms with Crippen LogP contribution in [0.25, 0.3) is 0 Å². The summed E-state index contributed by atoms with van der Waals surface area (Å²) in [7, 11) is 0. The molecule has 0 spiro atoms. The third-order valence-electron chi connectivity index (χ3n) is 5.35. The average Bonchev–Trinajstić information content (AvgIpc) is 2.82. The maximum Gasteiger partial charge on any atom is 0.416 e. The van der Waals surface area contributed by atoms with Gasteiger partial charge in [0.05, 0.1) is 22.1 Å². The standard InChI is InChI=1S/C25H17ClF8N2O2/c26-20-7-6-17(10-18(20)23(38)35-12-14-4-5-16(27)9-21(14)28)36-22(37)11-19(25(32,33)34)13-2-1-3-15(8-13)24(29,30)31/h1-10,19H,11-12H2,(H,35,38)(H,36,37). The Kier molecular flexibility index (Phi) is 8.65. The number of carbonyl (C=O) groups is 2. The fraction of sp³-hybridized carbons (Fsp3) is 0.200. The lowest BCUT2D eigenvalue weighted by Crippen LogP contribution is -2.27. The number of halogens is 9. The van der Waals surface area contributed by atoms with Crippen molar-refractivity contribution in [1.29, 1.82) is 0 Å². The van der Waals surface area contributed by atoms with Gasteiger partial charge in [-0.3, -0.25) is 9.59 Å². The fourth-order valence-corrected chi connectivity index (χ4v) is 3.67. The Bertz CT molecular complexity index is 1340. The van der Waals surface area contributed by atoms with Gasteiger partial charge in [-0.2, -0.15) is 26.3 Å². The Labute approximate surface area is 215 Å². The van der Waals surface area contributed by atoms with Gasteiger partial charge in [0.1, 0.15) is 11.6 Å². The summed E-state index contributed by atoms with van der Waals surface area (Å²) in [5, 5.41) is 4.42. The van der Waals surface area contributed by atoms with E-state index in [0.717, 1.165) is 30.3 Å². The molecule has 0 aromatic heterocycles. The van der Waals surface area contributed by atoms with E-state index in [-0.39, 0.29) is 28.4 Å². The second kappa shape index (κ2) is 11.4. The van der Waals surface area contributed by atoms with Crippen molar-refractivity contribution in [3.63, 3.8) is 0 Å². The van der Waals surface area contributed by atoms with Gasteiger partial charge < -0.3 is 10.6 Å². The molecular formula is C25H17ClF8N2O2. The van der Waals surface area contributed by atoms with Crippen molar-refractivity contribution in [1.82, 2.24) is 5.32 Å². The van der Waals surface area contributed by atoms with Crippen molar-refractivity contribution in [3.8, 4) is 0 Å². The summed E-state index contributed by atoms with van der Waals surface area (Å²) in [6, 6.07) is 8.77. The summed E-state index contributed by atoms with van der Waals surface area (Å²) in [6.45, 7) is -0.345. The van der Waals surface area contributed by atoms with Crippen molar-refractivity contribution < 1.29 is 44.7 Å². The highest BCUT2D eigenvalue weighted by atomic mass is 35.5. The lowest BCUT2D eigenvalue weighted by Gasteiger charge is -2.21. The first kappa shape index (κ1) is 28.9. The summed E-state index contributed by atoms with van der Waals surface area (Å²) < 4.78 is 107. The second-order valence-electron chi connectivity index (χ2n) is 8.08. The van der Waals surface area contributed by atoms with Gasteiger partial charge in [-0.1, -0.05) is 35.9 Å². The number of rotatable bonds is 7. The van der Waals surface area contributed by atoms with E-state index in [1.54, 1.807) is 0 Å². The average molecular weight is 565 g/mol. The van der Waals surface area contributed by atoms with Crippen LogP contribution in [0.5, 0.6) is 0 Å². The molecule has 13 heteroatoms. The minimum absolute atomic E-state index is 0.0342. The molecule has 0 heterocycles. The molecular weight excluding hydrogens is 548 g/mol. The molecule has 3 aromatic carbocycles. The van der Waals surface area contributed by atoms with Gasteiger partial charge in [0.2, 0.25) is 5.91 Å². The normalized spacial score (nSPS) is 12.7. The van der Waals surface area contributed by atoms with E-state index in [2.05, 4.69) is 10.6 Å². The van der Waals surface area contributed by atoms with E-state index in [0.29, 0.717) is 18.2 Å². The third-order valence-corrected chi connectivity index (χ3v) is 5.68. The molecule has 0 aliphatic rings. The predicted octanol–water partition coefficient (Wildman–Crippen LogP) is 7.24. The highest BCUT2D eigenvalue weighted by Gasteiger charge is 2.43. The molecule has 1 atom stereocenters. The van der Waals surface area contributed by atoms with Gasteiger partial charge in [-0.05, 0) is 35.9 Å². The first-order valence-corrected chi connectivity index (χ1v) is 11.1. The lowest BCUT2D eigenvalue weighted by molar-refractivity contribution is -0.156. The molecule has 0 bridgehead atoms.